The van der Waals surface area contributed by atoms with Gasteiger partial charge in [-0.3, -0.25) is 9.48 Å². The Labute approximate surface area is 141 Å². The van der Waals surface area contributed by atoms with Crippen molar-refractivity contribution in [2.45, 2.75) is 13.5 Å². The van der Waals surface area contributed by atoms with E-state index in [2.05, 4.69) is 10.1 Å². The molecule has 4 rings (SSSR count). The molecule has 1 amide bonds. The first-order valence-corrected chi connectivity index (χ1v) is 8.49. The summed E-state index contributed by atoms with van der Waals surface area (Å²) in [4.78, 5) is 17.4. The summed E-state index contributed by atoms with van der Waals surface area (Å²) in [6.07, 6.45) is 1.59. The molecular weight excluding hydrogens is 328 g/mol. The maximum atomic E-state index is 12.4. The van der Waals surface area contributed by atoms with Gasteiger partial charge in [-0.2, -0.15) is 10.1 Å². The second-order valence-corrected chi connectivity index (χ2v) is 6.36. The summed E-state index contributed by atoms with van der Waals surface area (Å²) in [5.41, 5.74) is 1.45. The summed E-state index contributed by atoms with van der Waals surface area (Å²) < 4.78 is 15.8. The quantitative estimate of drug-likeness (QED) is 0.713. The highest BCUT2D eigenvalue weighted by atomic mass is 32.1. The van der Waals surface area contributed by atoms with Crippen molar-refractivity contribution < 1.29 is 14.3 Å². The fourth-order valence-electron chi connectivity index (χ4n) is 2.73. The van der Waals surface area contributed by atoms with Gasteiger partial charge in [-0.1, -0.05) is 11.3 Å². The van der Waals surface area contributed by atoms with E-state index in [-0.39, 0.29) is 5.91 Å². The summed E-state index contributed by atoms with van der Waals surface area (Å²) in [7, 11) is 1.73. The number of fused-ring (bicyclic) bond motifs is 2. The summed E-state index contributed by atoms with van der Waals surface area (Å²) in [5, 5.41) is 4.02. The molecule has 0 saturated carbocycles. The zero-order valence-corrected chi connectivity index (χ0v) is 14.2. The molecule has 0 N–H and O–H groups in total. The lowest BCUT2D eigenvalue weighted by atomic mass is 10.2. The molecule has 1 aliphatic heterocycles. The van der Waals surface area contributed by atoms with Crippen molar-refractivity contribution in [2.75, 3.05) is 13.2 Å². The van der Waals surface area contributed by atoms with Gasteiger partial charge in [0.2, 0.25) is 0 Å². The van der Waals surface area contributed by atoms with Crippen LogP contribution in [0.2, 0.25) is 0 Å². The Kier molecular flexibility index (Phi) is 3.61. The number of carbonyl (C=O) groups excluding carboxylic acids is 1. The molecule has 7 nitrogen and oxygen atoms in total. The Balaban J connectivity index is 1.87. The van der Waals surface area contributed by atoms with Crippen LogP contribution in [0.25, 0.3) is 10.2 Å². The molecule has 0 atom stereocenters. The van der Waals surface area contributed by atoms with Crippen molar-refractivity contribution >= 4 is 27.5 Å². The van der Waals surface area contributed by atoms with Gasteiger partial charge in [-0.25, -0.2) is 0 Å². The molecular formula is C16H16N4O3S. The number of thiazole rings is 1. The smallest absolute Gasteiger partial charge is 0.297 e. The number of hydrogen-bond donors (Lipinski definition) is 0. The van der Waals surface area contributed by atoms with Crippen LogP contribution in [0.4, 0.5) is 0 Å². The zero-order chi connectivity index (χ0) is 16.7. The first-order valence-electron chi connectivity index (χ1n) is 7.67. The van der Waals surface area contributed by atoms with E-state index in [9.17, 15) is 4.79 Å². The van der Waals surface area contributed by atoms with Crippen LogP contribution in [-0.4, -0.2) is 33.5 Å². The van der Waals surface area contributed by atoms with Crippen molar-refractivity contribution in [1.29, 1.82) is 0 Å². The molecule has 3 aromatic rings. The standard InChI is InChI=1S/C16H16N4O3S/c1-3-20-11-8-12-13(23-7-6-22-12)9-14(11)24-16(20)18-15(21)10-4-5-17-19(10)2/h4-5,8-9H,3,6-7H2,1-2H3. The van der Waals surface area contributed by atoms with Gasteiger partial charge in [0.05, 0.1) is 10.2 Å². The third-order valence-corrected chi connectivity index (χ3v) is 4.94. The Morgan fingerprint density at radius 1 is 1.33 bits per heavy atom. The minimum atomic E-state index is -0.305. The Bertz CT molecular complexity index is 999. The van der Waals surface area contributed by atoms with Crippen LogP contribution in [0.5, 0.6) is 11.5 Å². The first kappa shape index (κ1) is 14.9. The number of aromatic nitrogens is 3. The predicted octanol–water partition coefficient (Wildman–Crippen LogP) is 1.97. The molecule has 0 spiro atoms. The average Bonchev–Trinajstić information content (AvgIpc) is 3.15. The number of hydrogen-bond acceptors (Lipinski definition) is 5. The Morgan fingerprint density at radius 3 is 2.75 bits per heavy atom. The van der Waals surface area contributed by atoms with Crippen molar-refractivity contribution in [1.82, 2.24) is 14.3 Å². The molecule has 0 aliphatic carbocycles. The monoisotopic (exact) mass is 344 g/mol. The van der Waals surface area contributed by atoms with Gasteiger partial charge in [0, 0.05) is 31.9 Å². The number of amides is 1. The van der Waals surface area contributed by atoms with E-state index in [0.29, 0.717) is 30.3 Å². The van der Waals surface area contributed by atoms with Gasteiger partial charge in [0.25, 0.3) is 5.91 Å². The third kappa shape index (κ3) is 2.39. The van der Waals surface area contributed by atoms with E-state index in [0.717, 1.165) is 21.7 Å². The molecule has 0 radical (unpaired) electrons. The van der Waals surface area contributed by atoms with Gasteiger partial charge >= 0.3 is 0 Å². The van der Waals surface area contributed by atoms with E-state index in [4.69, 9.17) is 9.47 Å². The Morgan fingerprint density at radius 2 is 2.08 bits per heavy atom. The fourth-order valence-corrected chi connectivity index (χ4v) is 3.83. The minimum Gasteiger partial charge on any atom is -0.486 e. The highest BCUT2D eigenvalue weighted by Gasteiger charge is 2.17. The second-order valence-electron chi connectivity index (χ2n) is 5.35. The van der Waals surface area contributed by atoms with E-state index >= 15 is 0 Å². The number of ether oxygens (including phenoxy) is 2. The summed E-state index contributed by atoms with van der Waals surface area (Å²) >= 11 is 1.46. The predicted molar refractivity (Wildman–Crippen MR) is 89.6 cm³/mol. The largest absolute Gasteiger partial charge is 0.486 e. The van der Waals surface area contributed by atoms with E-state index in [1.54, 1.807) is 19.3 Å². The van der Waals surface area contributed by atoms with E-state index < -0.39 is 0 Å². The molecule has 0 unspecified atom stereocenters. The molecule has 24 heavy (non-hydrogen) atoms. The maximum Gasteiger partial charge on any atom is 0.297 e. The number of carbonyl (C=O) groups is 1. The van der Waals surface area contributed by atoms with Crippen molar-refractivity contribution in [3.8, 4) is 11.5 Å². The maximum absolute atomic E-state index is 12.4. The van der Waals surface area contributed by atoms with Crippen LogP contribution in [0.15, 0.2) is 29.4 Å². The van der Waals surface area contributed by atoms with Crippen LogP contribution in [-0.2, 0) is 13.6 Å². The molecule has 8 heteroatoms. The van der Waals surface area contributed by atoms with Gasteiger partial charge in [-0.15, -0.1) is 0 Å². The lowest BCUT2D eigenvalue weighted by molar-refractivity contribution is 0.0989. The van der Waals surface area contributed by atoms with Crippen LogP contribution >= 0.6 is 11.3 Å². The molecule has 0 saturated heterocycles. The Hall–Kier alpha value is -2.61. The fraction of sp³-hybridized carbons (Fsp3) is 0.312. The van der Waals surface area contributed by atoms with Gasteiger partial charge in [0.1, 0.15) is 18.9 Å². The third-order valence-electron chi connectivity index (χ3n) is 3.90. The first-order chi connectivity index (χ1) is 11.7. The number of benzene rings is 1. The molecule has 2 aromatic heterocycles. The summed E-state index contributed by atoms with van der Waals surface area (Å²) in [5.74, 6) is 1.17. The minimum absolute atomic E-state index is 0.305. The van der Waals surface area contributed by atoms with E-state index in [1.807, 2.05) is 23.6 Å². The molecule has 1 aliphatic rings. The van der Waals surface area contributed by atoms with Gasteiger partial charge in [-0.05, 0) is 13.0 Å². The molecule has 3 heterocycles. The molecule has 0 bridgehead atoms. The highest BCUT2D eigenvalue weighted by molar-refractivity contribution is 7.16. The average molecular weight is 344 g/mol. The number of nitrogens with zero attached hydrogens (tertiary/aromatic N) is 4. The SMILES string of the molecule is CCn1c(=NC(=O)c2ccnn2C)sc2cc3c(cc21)OCCO3. The summed E-state index contributed by atoms with van der Waals surface area (Å²) in [6, 6.07) is 5.57. The molecule has 124 valence electrons. The van der Waals surface area contributed by atoms with Crippen molar-refractivity contribution in [3.63, 3.8) is 0 Å². The van der Waals surface area contributed by atoms with Crippen molar-refractivity contribution in [3.05, 3.63) is 34.9 Å². The summed E-state index contributed by atoms with van der Waals surface area (Å²) in [6.45, 7) is 3.83. The van der Waals surface area contributed by atoms with E-state index in [1.165, 1.54) is 16.0 Å². The zero-order valence-electron chi connectivity index (χ0n) is 13.4. The van der Waals surface area contributed by atoms with Crippen LogP contribution in [0, 0.1) is 0 Å². The normalized spacial score (nSPS) is 14.3. The lowest BCUT2D eigenvalue weighted by Crippen LogP contribution is -2.17. The van der Waals surface area contributed by atoms with Gasteiger partial charge < -0.3 is 14.0 Å². The van der Waals surface area contributed by atoms with Crippen LogP contribution < -0.4 is 14.3 Å². The highest BCUT2D eigenvalue weighted by Crippen LogP contribution is 2.35. The molecule has 0 fully saturated rings. The van der Waals surface area contributed by atoms with Gasteiger partial charge in [0.15, 0.2) is 16.3 Å². The lowest BCUT2D eigenvalue weighted by Gasteiger charge is -2.18. The van der Waals surface area contributed by atoms with Crippen molar-refractivity contribution in [2.24, 2.45) is 12.0 Å². The topological polar surface area (TPSA) is 70.6 Å². The van der Waals surface area contributed by atoms with Crippen LogP contribution in [0.3, 0.4) is 0 Å². The molecule has 1 aromatic carbocycles. The number of rotatable bonds is 2. The second kappa shape index (κ2) is 5.79. The number of aryl methyl sites for hydroxylation is 2. The van der Waals surface area contributed by atoms with Crippen LogP contribution in [0.1, 0.15) is 17.4 Å².